The van der Waals surface area contributed by atoms with Crippen LogP contribution in [0.3, 0.4) is 0 Å². The van der Waals surface area contributed by atoms with Gasteiger partial charge in [-0.05, 0) is 38.1 Å². The van der Waals surface area contributed by atoms with Gasteiger partial charge in [0.2, 0.25) is 5.91 Å². The van der Waals surface area contributed by atoms with Crippen molar-refractivity contribution in [3.05, 3.63) is 46.2 Å². The molecule has 0 unspecified atom stereocenters. The van der Waals surface area contributed by atoms with Crippen molar-refractivity contribution < 1.29 is 4.79 Å². The predicted octanol–water partition coefficient (Wildman–Crippen LogP) is 2.73. The van der Waals surface area contributed by atoms with Gasteiger partial charge in [0.25, 0.3) is 0 Å². The summed E-state index contributed by atoms with van der Waals surface area (Å²) in [4.78, 5) is 20.5. The van der Waals surface area contributed by atoms with Crippen molar-refractivity contribution in [2.45, 2.75) is 20.3 Å². The van der Waals surface area contributed by atoms with Crippen molar-refractivity contribution in [3.63, 3.8) is 0 Å². The van der Waals surface area contributed by atoms with Gasteiger partial charge < -0.3 is 5.32 Å². The Balaban J connectivity index is 1.64. The molecule has 0 bridgehead atoms. The van der Waals surface area contributed by atoms with Gasteiger partial charge >= 0.3 is 0 Å². The molecule has 1 amide bonds. The smallest absolute Gasteiger partial charge is 0.230 e. The summed E-state index contributed by atoms with van der Waals surface area (Å²) in [7, 11) is 0. The van der Waals surface area contributed by atoms with Crippen molar-refractivity contribution in [1.82, 2.24) is 20.2 Å². The zero-order chi connectivity index (χ0) is 15.5. The van der Waals surface area contributed by atoms with Crippen LogP contribution in [-0.4, -0.2) is 26.1 Å². The molecule has 2 heterocycles. The van der Waals surface area contributed by atoms with Gasteiger partial charge in [0.15, 0.2) is 5.82 Å². The van der Waals surface area contributed by atoms with E-state index in [0.717, 1.165) is 27.8 Å². The summed E-state index contributed by atoms with van der Waals surface area (Å²) >= 11 is 1.55. The minimum absolute atomic E-state index is 0.0770. The number of nitrogens with one attached hydrogen (secondary N) is 2. The Bertz CT molecular complexity index is 790. The number of aromatic amines is 1. The van der Waals surface area contributed by atoms with E-state index in [1.807, 2.05) is 43.5 Å². The van der Waals surface area contributed by atoms with E-state index in [9.17, 15) is 4.79 Å². The number of anilines is 1. The molecule has 6 nitrogen and oxygen atoms in total. The number of hydrogen-bond acceptors (Lipinski definition) is 5. The number of H-pyrrole nitrogens is 1. The van der Waals surface area contributed by atoms with E-state index in [4.69, 9.17) is 0 Å². The number of aryl methyl sites for hydroxylation is 2. The zero-order valence-corrected chi connectivity index (χ0v) is 13.1. The first-order chi connectivity index (χ1) is 10.6. The van der Waals surface area contributed by atoms with Crippen LogP contribution in [0, 0.1) is 13.8 Å². The third kappa shape index (κ3) is 3.37. The summed E-state index contributed by atoms with van der Waals surface area (Å²) in [5.41, 5.74) is 2.44. The summed E-state index contributed by atoms with van der Waals surface area (Å²) in [6, 6.07) is 7.44. The molecule has 2 aromatic heterocycles. The second-order valence-electron chi connectivity index (χ2n) is 4.90. The fourth-order valence-corrected chi connectivity index (χ4v) is 2.65. The maximum Gasteiger partial charge on any atom is 0.230 e. The van der Waals surface area contributed by atoms with Gasteiger partial charge in [0.05, 0.1) is 17.1 Å². The minimum Gasteiger partial charge on any atom is -0.326 e. The molecule has 0 saturated carbocycles. The van der Waals surface area contributed by atoms with E-state index in [1.54, 1.807) is 11.3 Å². The maximum atomic E-state index is 12.0. The highest BCUT2D eigenvalue weighted by atomic mass is 32.1. The van der Waals surface area contributed by atoms with Gasteiger partial charge in [-0.3, -0.25) is 9.89 Å². The van der Waals surface area contributed by atoms with Crippen molar-refractivity contribution in [2.75, 3.05) is 5.32 Å². The molecular weight excluding hydrogens is 298 g/mol. The van der Waals surface area contributed by atoms with Crippen LogP contribution in [0.15, 0.2) is 29.6 Å². The molecule has 2 N–H and O–H groups in total. The molecule has 0 fully saturated rings. The molecule has 3 rings (SSSR count). The van der Waals surface area contributed by atoms with Crippen molar-refractivity contribution in [1.29, 1.82) is 0 Å². The Labute approximate surface area is 131 Å². The average Bonchev–Trinajstić information content (AvgIpc) is 3.08. The van der Waals surface area contributed by atoms with Crippen molar-refractivity contribution in [3.8, 4) is 11.4 Å². The molecule has 1 aromatic carbocycles. The van der Waals surface area contributed by atoms with Gasteiger partial charge in [-0.1, -0.05) is 0 Å². The van der Waals surface area contributed by atoms with E-state index in [2.05, 4.69) is 25.5 Å². The molecule has 22 heavy (non-hydrogen) atoms. The second-order valence-corrected chi connectivity index (χ2v) is 5.97. The van der Waals surface area contributed by atoms with Gasteiger partial charge in [0.1, 0.15) is 5.82 Å². The van der Waals surface area contributed by atoms with Crippen LogP contribution in [-0.2, 0) is 11.2 Å². The number of amides is 1. The number of carbonyl (C=O) groups is 1. The van der Waals surface area contributed by atoms with Crippen LogP contribution in [0.4, 0.5) is 5.69 Å². The lowest BCUT2D eigenvalue weighted by Gasteiger charge is -2.04. The first-order valence-corrected chi connectivity index (χ1v) is 7.68. The number of thiazole rings is 1. The molecule has 0 atom stereocenters. The van der Waals surface area contributed by atoms with Crippen LogP contribution in [0.2, 0.25) is 0 Å². The average molecular weight is 313 g/mol. The molecule has 0 aliphatic rings. The van der Waals surface area contributed by atoms with Crippen LogP contribution >= 0.6 is 11.3 Å². The lowest BCUT2D eigenvalue weighted by molar-refractivity contribution is -0.115. The molecule has 0 aliphatic carbocycles. The van der Waals surface area contributed by atoms with Crippen molar-refractivity contribution >= 4 is 22.9 Å². The van der Waals surface area contributed by atoms with Crippen LogP contribution in [0.1, 0.15) is 16.5 Å². The lowest BCUT2D eigenvalue weighted by Crippen LogP contribution is -2.14. The fourth-order valence-electron chi connectivity index (χ4n) is 2.03. The van der Waals surface area contributed by atoms with Crippen molar-refractivity contribution in [2.24, 2.45) is 0 Å². The zero-order valence-electron chi connectivity index (χ0n) is 12.3. The van der Waals surface area contributed by atoms with Crippen LogP contribution < -0.4 is 5.32 Å². The summed E-state index contributed by atoms with van der Waals surface area (Å²) in [6.07, 6.45) is 0.284. The SMILES string of the molecule is Cc1nc(-c2ccc(NC(=O)Cc3csc(C)n3)cc2)n[nH]1. The Kier molecular flexibility index (Phi) is 3.97. The van der Waals surface area contributed by atoms with E-state index in [0.29, 0.717) is 5.82 Å². The first-order valence-electron chi connectivity index (χ1n) is 6.80. The van der Waals surface area contributed by atoms with Gasteiger partial charge in [-0.2, -0.15) is 5.10 Å². The molecular formula is C15H15N5OS. The number of aromatic nitrogens is 4. The second kappa shape index (κ2) is 6.07. The van der Waals surface area contributed by atoms with Crippen LogP contribution in [0.25, 0.3) is 11.4 Å². The molecule has 112 valence electrons. The highest BCUT2D eigenvalue weighted by Crippen LogP contribution is 2.18. The number of nitrogens with zero attached hydrogens (tertiary/aromatic N) is 3. The van der Waals surface area contributed by atoms with Gasteiger partial charge in [0, 0.05) is 16.6 Å². The summed E-state index contributed by atoms with van der Waals surface area (Å²) in [5, 5.41) is 12.6. The first kappa shape index (κ1) is 14.4. The monoisotopic (exact) mass is 313 g/mol. The van der Waals surface area contributed by atoms with E-state index >= 15 is 0 Å². The molecule has 0 aliphatic heterocycles. The standard InChI is InChI=1S/C15H15N5OS/c1-9-16-15(20-19-9)11-3-5-12(6-4-11)18-14(21)7-13-8-22-10(2)17-13/h3-6,8H,7H2,1-2H3,(H,18,21)(H,16,19,20). The third-order valence-corrected chi connectivity index (χ3v) is 3.85. The molecule has 7 heteroatoms. The highest BCUT2D eigenvalue weighted by molar-refractivity contribution is 7.09. The summed E-state index contributed by atoms with van der Waals surface area (Å²) < 4.78 is 0. The summed E-state index contributed by atoms with van der Waals surface area (Å²) in [6.45, 7) is 3.78. The molecule has 0 saturated heterocycles. The Hall–Kier alpha value is -2.54. The number of carbonyl (C=O) groups excluding carboxylic acids is 1. The Morgan fingerprint density at radius 3 is 2.59 bits per heavy atom. The fraction of sp³-hybridized carbons (Fsp3) is 0.200. The number of hydrogen-bond donors (Lipinski definition) is 2. The molecule has 3 aromatic rings. The Morgan fingerprint density at radius 1 is 1.23 bits per heavy atom. The van der Waals surface area contributed by atoms with E-state index in [1.165, 1.54) is 0 Å². The number of rotatable bonds is 4. The predicted molar refractivity (Wildman–Crippen MR) is 85.7 cm³/mol. The topological polar surface area (TPSA) is 83.6 Å². The quantitative estimate of drug-likeness (QED) is 0.775. The van der Waals surface area contributed by atoms with E-state index < -0.39 is 0 Å². The maximum absolute atomic E-state index is 12.0. The number of benzene rings is 1. The third-order valence-electron chi connectivity index (χ3n) is 3.03. The largest absolute Gasteiger partial charge is 0.326 e. The van der Waals surface area contributed by atoms with Gasteiger partial charge in [-0.25, -0.2) is 9.97 Å². The highest BCUT2D eigenvalue weighted by Gasteiger charge is 2.08. The minimum atomic E-state index is -0.0770. The summed E-state index contributed by atoms with van der Waals surface area (Å²) in [5.74, 6) is 1.34. The normalized spacial score (nSPS) is 10.6. The molecule has 0 radical (unpaired) electrons. The van der Waals surface area contributed by atoms with E-state index in [-0.39, 0.29) is 12.3 Å². The Morgan fingerprint density at radius 2 is 2.00 bits per heavy atom. The van der Waals surface area contributed by atoms with Gasteiger partial charge in [-0.15, -0.1) is 11.3 Å². The van der Waals surface area contributed by atoms with Crippen LogP contribution in [0.5, 0.6) is 0 Å². The molecule has 0 spiro atoms. The lowest BCUT2D eigenvalue weighted by atomic mass is 10.2.